The fraction of sp³-hybridized carbons (Fsp3) is 0.273. The number of aryl methyl sites for hydroxylation is 1. The van der Waals surface area contributed by atoms with Gasteiger partial charge in [0.2, 0.25) is 5.91 Å². The lowest BCUT2D eigenvalue weighted by atomic mass is 10.1. The van der Waals surface area contributed by atoms with Crippen molar-refractivity contribution in [2.45, 2.75) is 13.0 Å². The van der Waals surface area contributed by atoms with Gasteiger partial charge in [0.1, 0.15) is 12.6 Å². The summed E-state index contributed by atoms with van der Waals surface area (Å²) in [5, 5.41) is 10.7. The molecular formula is C11H13N3O. The Kier molecular flexibility index (Phi) is 3.83. The second-order valence-corrected chi connectivity index (χ2v) is 3.26. The van der Waals surface area contributed by atoms with Gasteiger partial charge in [-0.1, -0.05) is 29.8 Å². The highest BCUT2D eigenvalue weighted by molar-refractivity contribution is 5.83. The Balaban J connectivity index is 2.68. The minimum atomic E-state index is -0.709. The quantitative estimate of drug-likeness (QED) is 0.707. The van der Waals surface area contributed by atoms with Gasteiger partial charge in [-0.2, -0.15) is 5.26 Å². The number of carbonyl (C=O) groups excluding carboxylic acids is 1. The molecule has 1 unspecified atom stereocenters. The summed E-state index contributed by atoms with van der Waals surface area (Å²) in [5.74, 6) is -0.333. The van der Waals surface area contributed by atoms with Crippen LogP contribution in [0.3, 0.4) is 0 Å². The zero-order chi connectivity index (χ0) is 11.3. The molecule has 0 aliphatic heterocycles. The van der Waals surface area contributed by atoms with E-state index in [-0.39, 0.29) is 12.5 Å². The summed E-state index contributed by atoms with van der Waals surface area (Å²) in [6, 6.07) is 8.53. The molecule has 4 heteroatoms. The molecular weight excluding hydrogens is 190 g/mol. The highest BCUT2D eigenvalue weighted by Crippen LogP contribution is 2.11. The highest BCUT2D eigenvalue weighted by Gasteiger charge is 2.14. The summed E-state index contributed by atoms with van der Waals surface area (Å²) in [4.78, 5) is 11.4. The maximum atomic E-state index is 11.4. The Morgan fingerprint density at radius 3 is 2.67 bits per heavy atom. The van der Waals surface area contributed by atoms with Crippen LogP contribution in [0.2, 0.25) is 0 Å². The largest absolute Gasteiger partial charge is 0.341 e. The summed E-state index contributed by atoms with van der Waals surface area (Å²) in [7, 11) is 0. The standard InChI is InChI=1S/C11H13N3O/c1-8-2-4-9(5-3-8)10(13)11(15)14-7-6-12/h2-5,10H,7,13H2,1H3,(H,14,15). The summed E-state index contributed by atoms with van der Waals surface area (Å²) in [5.41, 5.74) is 7.57. The van der Waals surface area contributed by atoms with Gasteiger partial charge in [-0.05, 0) is 12.5 Å². The van der Waals surface area contributed by atoms with Crippen molar-refractivity contribution in [3.8, 4) is 6.07 Å². The number of hydrogen-bond acceptors (Lipinski definition) is 3. The van der Waals surface area contributed by atoms with Crippen molar-refractivity contribution in [1.29, 1.82) is 5.26 Å². The predicted molar refractivity (Wildman–Crippen MR) is 56.7 cm³/mol. The Hall–Kier alpha value is -1.86. The molecule has 0 aliphatic rings. The van der Waals surface area contributed by atoms with Crippen LogP contribution in [0.15, 0.2) is 24.3 Å². The van der Waals surface area contributed by atoms with Crippen LogP contribution in [0.1, 0.15) is 17.2 Å². The highest BCUT2D eigenvalue weighted by atomic mass is 16.2. The predicted octanol–water partition coefficient (Wildman–Crippen LogP) is 0.635. The van der Waals surface area contributed by atoms with Gasteiger partial charge in [0.15, 0.2) is 0 Å². The van der Waals surface area contributed by atoms with Gasteiger partial charge in [0, 0.05) is 0 Å². The van der Waals surface area contributed by atoms with Gasteiger partial charge in [-0.15, -0.1) is 0 Å². The average molecular weight is 203 g/mol. The number of nitriles is 1. The van der Waals surface area contributed by atoms with Gasteiger partial charge < -0.3 is 11.1 Å². The molecule has 0 saturated carbocycles. The topological polar surface area (TPSA) is 78.9 Å². The molecule has 1 atom stereocenters. The third-order valence-corrected chi connectivity index (χ3v) is 2.06. The van der Waals surface area contributed by atoms with Crippen molar-refractivity contribution in [3.05, 3.63) is 35.4 Å². The number of rotatable bonds is 3. The number of hydrogen-bond donors (Lipinski definition) is 2. The first kappa shape index (κ1) is 11.2. The van der Waals surface area contributed by atoms with Crippen molar-refractivity contribution in [1.82, 2.24) is 5.32 Å². The lowest BCUT2D eigenvalue weighted by molar-refractivity contribution is -0.122. The molecule has 0 aromatic heterocycles. The number of nitrogens with zero attached hydrogens (tertiary/aromatic N) is 1. The van der Waals surface area contributed by atoms with Crippen LogP contribution >= 0.6 is 0 Å². The molecule has 4 nitrogen and oxygen atoms in total. The zero-order valence-electron chi connectivity index (χ0n) is 8.53. The SMILES string of the molecule is Cc1ccc(C(N)C(=O)NCC#N)cc1. The van der Waals surface area contributed by atoms with E-state index in [0.29, 0.717) is 0 Å². The van der Waals surface area contributed by atoms with Crippen LogP contribution in [0.4, 0.5) is 0 Å². The first-order valence-corrected chi connectivity index (χ1v) is 4.62. The van der Waals surface area contributed by atoms with E-state index in [1.165, 1.54) is 0 Å². The Labute approximate surface area is 88.7 Å². The molecule has 0 spiro atoms. The van der Waals surface area contributed by atoms with E-state index >= 15 is 0 Å². The first-order chi connectivity index (χ1) is 7.15. The molecule has 3 N–H and O–H groups in total. The van der Waals surface area contributed by atoms with E-state index in [1.807, 2.05) is 37.3 Å². The molecule has 0 heterocycles. The van der Waals surface area contributed by atoms with E-state index in [1.54, 1.807) is 0 Å². The average Bonchev–Trinajstić information content (AvgIpc) is 2.26. The van der Waals surface area contributed by atoms with Crippen LogP contribution in [0.25, 0.3) is 0 Å². The third-order valence-electron chi connectivity index (χ3n) is 2.06. The van der Waals surface area contributed by atoms with Crippen molar-refractivity contribution in [2.24, 2.45) is 5.73 Å². The summed E-state index contributed by atoms with van der Waals surface area (Å²) in [6.07, 6.45) is 0. The summed E-state index contributed by atoms with van der Waals surface area (Å²) < 4.78 is 0. The lowest BCUT2D eigenvalue weighted by Crippen LogP contribution is -2.34. The Bertz CT molecular complexity index is 378. The summed E-state index contributed by atoms with van der Waals surface area (Å²) >= 11 is 0. The fourth-order valence-electron chi connectivity index (χ4n) is 1.16. The Morgan fingerprint density at radius 2 is 2.13 bits per heavy atom. The van der Waals surface area contributed by atoms with Crippen LogP contribution < -0.4 is 11.1 Å². The smallest absolute Gasteiger partial charge is 0.242 e. The van der Waals surface area contributed by atoms with Crippen LogP contribution in [-0.2, 0) is 4.79 Å². The van der Waals surface area contributed by atoms with E-state index < -0.39 is 6.04 Å². The molecule has 1 amide bonds. The molecule has 0 saturated heterocycles. The number of nitrogens with two attached hydrogens (primary N) is 1. The molecule has 15 heavy (non-hydrogen) atoms. The minimum absolute atomic E-state index is 0.0155. The van der Waals surface area contributed by atoms with E-state index in [4.69, 9.17) is 11.0 Å². The van der Waals surface area contributed by atoms with Crippen LogP contribution in [0, 0.1) is 18.3 Å². The maximum absolute atomic E-state index is 11.4. The lowest BCUT2D eigenvalue weighted by Gasteiger charge is -2.10. The normalized spacial score (nSPS) is 11.5. The first-order valence-electron chi connectivity index (χ1n) is 4.62. The van der Waals surface area contributed by atoms with Gasteiger partial charge >= 0.3 is 0 Å². The van der Waals surface area contributed by atoms with Crippen molar-refractivity contribution < 1.29 is 4.79 Å². The van der Waals surface area contributed by atoms with Crippen LogP contribution in [-0.4, -0.2) is 12.5 Å². The molecule has 1 aromatic rings. The number of benzene rings is 1. The molecule has 1 rings (SSSR count). The van der Waals surface area contributed by atoms with E-state index in [9.17, 15) is 4.79 Å². The van der Waals surface area contributed by atoms with Gasteiger partial charge in [-0.25, -0.2) is 0 Å². The number of nitrogens with one attached hydrogen (secondary N) is 1. The third kappa shape index (κ3) is 3.08. The molecule has 0 aliphatic carbocycles. The van der Waals surface area contributed by atoms with Gasteiger partial charge in [-0.3, -0.25) is 4.79 Å². The van der Waals surface area contributed by atoms with Gasteiger partial charge in [0.25, 0.3) is 0 Å². The van der Waals surface area contributed by atoms with E-state index in [2.05, 4.69) is 5.32 Å². The fourth-order valence-corrected chi connectivity index (χ4v) is 1.16. The number of carbonyl (C=O) groups is 1. The molecule has 78 valence electrons. The molecule has 0 fully saturated rings. The minimum Gasteiger partial charge on any atom is -0.341 e. The molecule has 1 aromatic carbocycles. The van der Waals surface area contributed by atoms with Crippen molar-refractivity contribution in [2.75, 3.05) is 6.54 Å². The maximum Gasteiger partial charge on any atom is 0.242 e. The van der Waals surface area contributed by atoms with Gasteiger partial charge in [0.05, 0.1) is 6.07 Å². The number of amides is 1. The Morgan fingerprint density at radius 1 is 1.53 bits per heavy atom. The van der Waals surface area contributed by atoms with Crippen LogP contribution in [0.5, 0.6) is 0 Å². The second-order valence-electron chi connectivity index (χ2n) is 3.26. The van der Waals surface area contributed by atoms with E-state index in [0.717, 1.165) is 11.1 Å². The van der Waals surface area contributed by atoms with Crippen molar-refractivity contribution in [3.63, 3.8) is 0 Å². The molecule has 0 radical (unpaired) electrons. The summed E-state index contributed by atoms with van der Waals surface area (Å²) in [6.45, 7) is 1.95. The monoisotopic (exact) mass is 203 g/mol. The second kappa shape index (κ2) is 5.13. The molecule has 0 bridgehead atoms. The zero-order valence-corrected chi connectivity index (χ0v) is 8.53. The van der Waals surface area contributed by atoms with Crippen molar-refractivity contribution >= 4 is 5.91 Å².